The molecule has 3 aromatic rings. The number of pyridine rings is 1. The van der Waals surface area contributed by atoms with E-state index in [1.165, 1.54) is 6.08 Å². The van der Waals surface area contributed by atoms with E-state index >= 15 is 4.39 Å². The van der Waals surface area contributed by atoms with Crippen LogP contribution in [0.4, 0.5) is 10.2 Å². The third-order valence-electron chi connectivity index (χ3n) is 5.12. The van der Waals surface area contributed by atoms with Crippen LogP contribution in [0.1, 0.15) is 25.1 Å². The fourth-order valence-electron chi connectivity index (χ4n) is 3.39. The monoisotopic (exact) mass is 594 g/mol. The molecule has 3 aromatic heterocycles. The van der Waals surface area contributed by atoms with Crippen LogP contribution >= 0.6 is 26.8 Å². The molecule has 6 N–H and O–H groups in total. The molecule has 208 valence electrons. The molecule has 0 bridgehead atoms. The first-order valence-electron chi connectivity index (χ1n) is 11.0. The van der Waals surface area contributed by atoms with Crippen LogP contribution in [0.5, 0.6) is 0 Å². The van der Waals surface area contributed by atoms with E-state index < -0.39 is 46.2 Å². The molecule has 0 aliphatic rings. The summed E-state index contributed by atoms with van der Waals surface area (Å²) in [6.07, 6.45) is -0.621. The molecule has 0 aromatic carbocycles. The van der Waals surface area contributed by atoms with Crippen molar-refractivity contribution in [2.24, 2.45) is 0 Å². The molecule has 0 saturated heterocycles. The van der Waals surface area contributed by atoms with Crippen LogP contribution in [0.15, 0.2) is 42.5 Å². The maximum Gasteiger partial charge on any atom is 0.340 e. The summed E-state index contributed by atoms with van der Waals surface area (Å²) in [5.74, 6) is -1.24. The van der Waals surface area contributed by atoms with Crippen LogP contribution in [0.2, 0.25) is 5.28 Å². The summed E-state index contributed by atoms with van der Waals surface area (Å²) in [5, 5.41) is 24.1. The minimum atomic E-state index is -4.88. The second-order valence-corrected chi connectivity index (χ2v) is 12.4. The number of fused-ring (bicyclic) bond motifs is 1. The van der Waals surface area contributed by atoms with Gasteiger partial charge in [-0.3, -0.25) is 18.7 Å². The third kappa shape index (κ3) is 8.09. The number of hydrogen-bond donors (Lipinski definition) is 6. The lowest BCUT2D eigenvalue weighted by Gasteiger charge is -2.25. The molecule has 1 unspecified atom stereocenters. The first kappa shape index (κ1) is 30.2. The largest absolute Gasteiger partial charge is 0.385 e. The molecule has 14 nitrogen and oxygen atoms in total. The van der Waals surface area contributed by atoms with Gasteiger partial charge >= 0.3 is 15.2 Å². The molecule has 0 aliphatic heterocycles. The highest BCUT2D eigenvalue weighted by Crippen LogP contribution is 2.55. The van der Waals surface area contributed by atoms with Crippen molar-refractivity contribution in [3.63, 3.8) is 0 Å². The van der Waals surface area contributed by atoms with Gasteiger partial charge in [-0.15, -0.1) is 0 Å². The first-order valence-corrected chi connectivity index (χ1v) is 15.0. The maximum atomic E-state index is 15.3. The molecule has 0 amide bonds. The van der Waals surface area contributed by atoms with Crippen LogP contribution in [0.3, 0.4) is 0 Å². The van der Waals surface area contributed by atoms with Gasteiger partial charge in [-0.05, 0) is 41.3 Å². The number of anilines is 1. The van der Waals surface area contributed by atoms with Crippen LogP contribution in [0, 0.1) is 0 Å². The predicted molar refractivity (Wildman–Crippen MR) is 135 cm³/mol. The lowest BCUT2D eigenvalue weighted by molar-refractivity contribution is -0.0352. The lowest BCUT2D eigenvalue weighted by Crippen LogP contribution is -2.34. The number of aromatic nitrogens is 5. The van der Waals surface area contributed by atoms with Crippen molar-refractivity contribution in [2.75, 3.05) is 17.8 Å². The Bertz CT molecular complexity index is 1370. The standard InChI is InChI=1S/C20H26ClFN6O8P2/c1-2-3-13(9-36-38(34,35)11-37(31,32)33)16(29)14(22)19(30)28-10-25-15-17(26-20(21)27-18(15)28)24-8-12-4-6-23-7-5-12/h3-7,10,14,16,19,29-30H,2,8-9,11H2,1H3,(H,34,35)(H,24,26,27)(H2,31,32,33)/b13-3-/t14-,16+,19+/m0/s1. The van der Waals surface area contributed by atoms with E-state index in [1.54, 1.807) is 31.5 Å². The number of alkyl halides is 1. The summed E-state index contributed by atoms with van der Waals surface area (Å²) >= 11 is 6.03. The van der Waals surface area contributed by atoms with Gasteiger partial charge < -0.3 is 34.7 Å². The molecule has 0 radical (unpaired) electrons. The highest BCUT2D eigenvalue weighted by molar-refractivity contribution is 7.70. The zero-order chi connectivity index (χ0) is 28.1. The molecule has 0 saturated carbocycles. The number of aliphatic hydroxyl groups excluding tert-OH is 2. The Morgan fingerprint density at radius 2 is 1.92 bits per heavy atom. The van der Waals surface area contributed by atoms with Gasteiger partial charge in [0.25, 0.3) is 0 Å². The van der Waals surface area contributed by atoms with Gasteiger partial charge in [0.15, 0.2) is 35.3 Å². The van der Waals surface area contributed by atoms with Crippen molar-refractivity contribution >= 4 is 43.8 Å². The van der Waals surface area contributed by atoms with Crippen LogP contribution in [0.25, 0.3) is 11.2 Å². The Kier molecular flexibility index (Phi) is 10.1. The Morgan fingerprint density at radius 1 is 1.24 bits per heavy atom. The Labute approximate surface area is 220 Å². The second-order valence-electron chi connectivity index (χ2n) is 8.08. The molecule has 3 rings (SSSR count). The molecule has 0 aliphatic carbocycles. The topological polar surface area (TPSA) is 213 Å². The summed E-state index contributed by atoms with van der Waals surface area (Å²) in [4.78, 5) is 43.7. The minimum Gasteiger partial charge on any atom is -0.385 e. The van der Waals surface area contributed by atoms with E-state index in [-0.39, 0.29) is 34.3 Å². The molecular formula is C20H26ClFN6O8P2. The van der Waals surface area contributed by atoms with Gasteiger partial charge in [-0.1, -0.05) is 13.0 Å². The Hall–Kier alpha value is -2.32. The number of nitrogens with zero attached hydrogens (tertiary/aromatic N) is 5. The highest BCUT2D eigenvalue weighted by Gasteiger charge is 2.35. The molecule has 3 heterocycles. The van der Waals surface area contributed by atoms with Gasteiger partial charge in [0.2, 0.25) is 5.28 Å². The average Bonchev–Trinajstić information content (AvgIpc) is 3.26. The van der Waals surface area contributed by atoms with Gasteiger partial charge in [0, 0.05) is 18.9 Å². The maximum absolute atomic E-state index is 15.3. The molecule has 38 heavy (non-hydrogen) atoms. The van der Waals surface area contributed by atoms with Crippen molar-refractivity contribution in [1.82, 2.24) is 24.5 Å². The van der Waals surface area contributed by atoms with Gasteiger partial charge in [-0.25, -0.2) is 9.37 Å². The first-order chi connectivity index (χ1) is 17.8. The SMILES string of the molecule is CC/C=C(/COP(=O)(O)CP(=O)(O)O)[C@@H](O)[C@H](F)[C@@H](O)n1cnc2c(NCc3ccncc3)nc(Cl)nc21. The van der Waals surface area contributed by atoms with Crippen molar-refractivity contribution in [3.05, 3.63) is 53.3 Å². The second kappa shape index (κ2) is 12.7. The van der Waals surface area contributed by atoms with E-state index in [2.05, 4.69) is 25.3 Å². The Balaban J connectivity index is 1.80. The number of imidazole rings is 1. The number of allylic oxidation sites excluding steroid dienone is 1. The number of hydrogen-bond acceptors (Lipinski definition) is 10. The fraction of sp³-hybridized carbons (Fsp3) is 0.400. The number of nitrogens with one attached hydrogen (secondary N) is 1. The molecule has 4 atom stereocenters. The fourth-order valence-corrected chi connectivity index (χ4v) is 6.09. The van der Waals surface area contributed by atoms with E-state index in [1.807, 2.05) is 0 Å². The smallest absolute Gasteiger partial charge is 0.340 e. The molecule has 0 spiro atoms. The van der Waals surface area contributed by atoms with Gasteiger partial charge in [0.1, 0.15) is 6.10 Å². The normalized spacial score (nSPS) is 16.7. The Morgan fingerprint density at radius 3 is 2.55 bits per heavy atom. The summed E-state index contributed by atoms with van der Waals surface area (Å²) < 4.78 is 43.9. The summed E-state index contributed by atoms with van der Waals surface area (Å²) in [5.41, 5.74) is 0.773. The van der Waals surface area contributed by atoms with Crippen molar-refractivity contribution in [2.45, 2.75) is 38.4 Å². The summed E-state index contributed by atoms with van der Waals surface area (Å²) in [7, 11) is -9.65. The van der Waals surface area contributed by atoms with E-state index in [9.17, 15) is 24.2 Å². The van der Waals surface area contributed by atoms with E-state index in [4.69, 9.17) is 25.9 Å². The van der Waals surface area contributed by atoms with Gasteiger partial charge in [0.05, 0.1) is 12.9 Å². The van der Waals surface area contributed by atoms with Crippen molar-refractivity contribution in [1.29, 1.82) is 0 Å². The summed E-state index contributed by atoms with van der Waals surface area (Å²) in [6, 6.07) is 3.55. The quantitative estimate of drug-likeness (QED) is 0.0953. The minimum absolute atomic E-state index is 0.0386. The third-order valence-corrected chi connectivity index (χ3v) is 8.72. The van der Waals surface area contributed by atoms with Crippen molar-refractivity contribution < 1.29 is 42.9 Å². The highest BCUT2D eigenvalue weighted by atomic mass is 35.5. The van der Waals surface area contributed by atoms with Crippen LogP contribution in [-0.4, -0.2) is 74.2 Å². The number of aliphatic hydroxyl groups is 2. The zero-order valence-corrected chi connectivity index (χ0v) is 22.4. The molecule has 18 heteroatoms. The number of rotatable bonds is 13. The van der Waals surface area contributed by atoms with E-state index in [0.717, 1.165) is 16.5 Å². The average molecular weight is 595 g/mol. The number of halogens is 2. The zero-order valence-electron chi connectivity index (χ0n) is 19.9. The van der Waals surface area contributed by atoms with Crippen LogP contribution < -0.4 is 5.32 Å². The predicted octanol–water partition coefficient (Wildman–Crippen LogP) is 2.35. The molecular weight excluding hydrogens is 569 g/mol. The summed E-state index contributed by atoms with van der Waals surface area (Å²) in [6.45, 7) is 1.14. The van der Waals surface area contributed by atoms with Crippen LogP contribution in [-0.2, 0) is 20.2 Å². The lowest BCUT2D eigenvalue weighted by atomic mass is 10.0. The van der Waals surface area contributed by atoms with Crippen molar-refractivity contribution in [3.8, 4) is 0 Å². The van der Waals surface area contributed by atoms with Gasteiger partial charge in [-0.2, -0.15) is 9.97 Å². The molecule has 0 fully saturated rings. The van der Waals surface area contributed by atoms with E-state index in [0.29, 0.717) is 6.54 Å².